The largest absolute Gasteiger partial charge is 0.508 e. The minimum Gasteiger partial charge on any atom is -0.508 e. The molecule has 0 saturated heterocycles. The van der Waals surface area contributed by atoms with Gasteiger partial charge in [-0.25, -0.2) is 9.48 Å². The van der Waals surface area contributed by atoms with E-state index >= 15 is 24.0 Å². The van der Waals surface area contributed by atoms with E-state index in [1.54, 1.807) is 12.1 Å². The van der Waals surface area contributed by atoms with Crippen molar-refractivity contribution in [3.8, 4) is 97.0 Å². The third-order valence-electron chi connectivity index (χ3n) is 18.1. The number of nitrogens with one attached hydrogen (secondary N) is 6. The van der Waals surface area contributed by atoms with Crippen LogP contribution in [0, 0.1) is 6.92 Å². The van der Waals surface area contributed by atoms with Gasteiger partial charge in [-0.15, -0.1) is 5.10 Å². The number of phenolic OH excluding ortho intramolecular Hbond substituents is 6. The Kier molecular flexibility index (Phi) is 17.8. The number of hydrogen-bond donors (Lipinski definition) is 14. The molecule has 0 aliphatic carbocycles. The fourth-order valence-corrected chi connectivity index (χ4v) is 12.7. The number of phenols is 6. The Morgan fingerprint density at radius 1 is 0.490 bits per heavy atom. The Balaban J connectivity index is 0.904. The second kappa shape index (κ2) is 27.5. The van der Waals surface area contributed by atoms with Gasteiger partial charge in [-0.1, -0.05) is 84.1 Å². The maximum absolute atomic E-state index is 16.0. The Morgan fingerprint density at radius 2 is 1.02 bits per heavy atom. The van der Waals surface area contributed by atoms with E-state index in [1.807, 2.05) is 42.5 Å². The molecule has 1 aromatic heterocycles. The standard InChI is InChI=1S/C75H61N9O20/c1-34-52(88)25-41-27-54(34)104-55-26-40(15-23-51(55)87)65(84-32-43(82-83-84)33-101-45-16-8-36(9-17-45)35-6-4-3-5-7-35)74(98)81-64-67(91)38-12-20-47(21-13-38)103-57-29-42-28-56(68(57)92)102-46-18-10-37(11-19-46)66(90)63-73(97)79-62(75(99)100-2)49-30-44(85)31-53(89)58(49)48-24-39(14-22-50(48)86)59(69(93)80-63)76-71(95)61(42)77-70(94)60(41)78-72(64)96/h3-32,59-67,85-92H,33H2,1-2H3,(H,76,95)(H,77,94)(H,78,96)(H,79,97)(H,80,93)(H,81,98)/t59-,60+,61-,62-,63+,64-,65-,66-,67-/m1/s1. The summed E-state index contributed by atoms with van der Waals surface area (Å²) < 4.78 is 31.2. The highest BCUT2D eigenvalue weighted by atomic mass is 16.5. The first-order valence-corrected chi connectivity index (χ1v) is 32.2. The Morgan fingerprint density at radius 3 is 1.65 bits per heavy atom. The molecule has 10 aromatic rings. The van der Waals surface area contributed by atoms with E-state index in [4.69, 9.17) is 23.7 Å². The summed E-state index contributed by atoms with van der Waals surface area (Å²) in [5.41, 5.74) is 0.234. The molecule has 104 heavy (non-hydrogen) atoms. The van der Waals surface area contributed by atoms with Crippen molar-refractivity contribution in [1.82, 2.24) is 46.9 Å². The molecule has 14 N–H and O–H groups in total. The summed E-state index contributed by atoms with van der Waals surface area (Å²) in [6.45, 7) is 1.28. The first-order chi connectivity index (χ1) is 50.0. The van der Waals surface area contributed by atoms with Crippen molar-refractivity contribution >= 4 is 41.4 Å². The number of aromatic nitrogens is 3. The van der Waals surface area contributed by atoms with Crippen molar-refractivity contribution < 1.29 is 98.1 Å². The van der Waals surface area contributed by atoms with Crippen LogP contribution >= 0.6 is 0 Å². The number of rotatable bonds is 6. The maximum atomic E-state index is 16.0. The highest BCUT2D eigenvalue weighted by Gasteiger charge is 2.43. The number of nitrogens with zero attached hydrogens (tertiary/aromatic N) is 3. The number of aliphatic hydroxyl groups excluding tert-OH is 2. The van der Waals surface area contributed by atoms with E-state index in [-0.39, 0.29) is 85.4 Å². The molecule has 0 saturated carbocycles. The number of esters is 1. The number of carbonyl (C=O) groups is 7. The first-order valence-electron chi connectivity index (χ1n) is 32.2. The number of ether oxygens (including phenoxy) is 5. The summed E-state index contributed by atoms with van der Waals surface area (Å²) in [6.07, 6.45) is -2.63. The van der Waals surface area contributed by atoms with Crippen molar-refractivity contribution in [2.45, 2.75) is 68.0 Å². The van der Waals surface area contributed by atoms with E-state index < -0.39 is 147 Å². The van der Waals surface area contributed by atoms with Crippen LogP contribution in [0.4, 0.5) is 0 Å². The number of methoxy groups -OCH3 is 1. The number of fused-ring (bicyclic) bond motifs is 14. The molecule has 16 rings (SSSR count). The van der Waals surface area contributed by atoms with Gasteiger partial charge in [0.1, 0.15) is 101 Å². The number of aromatic hydroxyl groups is 6. The number of benzene rings is 9. The number of aliphatic hydroxyl groups is 2. The van der Waals surface area contributed by atoms with Crippen LogP contribution in [0.5, 0.6) is 74.7 Å². The molecule has 9 aromatic carbocycles. The quantitative estimate of drug-likeness (QED) is 0.0745. The number of amides is 6. The molecular weight excluding hydrogens is 1350 g/mol. The van der Waals surface area contributed by atoms with E-state index in [0.29, 0.717) is 5.75 Å². The monoisotopic (exact) mass is 1410 g/mol. The molecule has 0 fully saturated rings. The molecule has 526 valence electrons. The predicted molar refractivity (Wildman–Crippen MR) is 363 cm³/mol. The molecule has 6 aliphatic rings. The Bertz CT molecular complexity index is 5110. The third-order valence-corrected chi connectivity index (χ3v) is 18.1. The van der Waals surface area contributed by atoms with Gasteiger partial charge in [0.15, 0.2) is 35.1 Å². The van der Waals surface area contributed by atoms with Crippen LogP contribution in [0.1, 0.15) is 92.6 Å². The molecule has 0 radical (unpaired) electrons. The van der Waals surface area contributed by atoms with Gasteiger partial charge in [0.25, 0.3) is 0 Å². The van der Waals surface area contributed by atoms with Crippen molar-refractivity contribution in [1.29, 1.82) is 0 Å². The minimum atomic E-state index is -2.18. The van der Waals surface area contributed by atoms with Gasteiger partial charge in [-0.05, 0) is 142 Å². The lowest BCUT2D eigenvalue weighted by Crippen LogP contribution is -2.55. The lowest BCUT2D eigenvalue weighted by atomic mass is 9.89. The van der Waals surface area contributed by atoms with Gasteiger partial charge in [0.2, 0.25) is 41.2 Å². The van der Waals surface area contributed by atoms with Gasteiger partial charge in [0.05, 0.1) is 13.3 Å². The van der Waals surface area contributed by atoms with Crippen molar-refractivity contribution in [2.24, 2.45) is 0 Å². The zero-order valence-electron chi connectivity index (χ0n) is 54.5. The average Bonchev–Trinajstić information content (AvgIpc) is 0.890. The third kappa shape index (κ3) is 13.2. The van der Waals surface area contributed by atoms with Crippen LogP contribution in [-0.4, -0.2) is 116 Å². The molecule has 6 amide bonds. The lowest BCUT2D eigenvalue weighted by Gasteiger charge is -2.31. The summed E-state index contributed by atoms with van der Waals surface area (Å²) in [5, 5.41) is 118. The van der Waals surface area contributed by atoms with E-state index in [9.17, 15) is 50.4 Å². The fourth-order valence-electron chi connectivity index (χ4n) is 12.7. The highest BCUT2D eigenvalue weighted by molar-refractivity contribution is 6.00. The van der Waals surface area contributed by atoms with Crippen molar-refractivity contribution in [3.63, 3.8) is 0 Å². The maximum Gasteiger partial charge on any atom is 0.333 e. The van der Waals surface area contributed by atoms with Crippen LogP contribution < -0.4 is 50.8 Å². The fraction of sp³-hybridized carbons (Fsp3) is 0.160. The van der Waals surface area contributed by atoms with Crippen LogP contribution in [0.15, 0.2) is 182 Å². The van der Waals surface area contributed by atoms with E-state index in [0.717, 1.165) is 71.4 Å². The van der Waals surface area contributed by atoms with E-state index in [2.05, 4.69) is 42.2 Å². The highest BCUT2D eigenvalue weighted by Crippen LogP contribution is 2.48. The van der Waals surface area contributed by atoms with Crippen LogP contribution in [0.2, 0.25) is 0 Å². The van der Waals surface area contributed by atoms with Crippen molar-refractivity contribution in [2.75, 3.05) is 7.11 Å². The van der Waals surface area contributed by atoms with Crippen LogP contribution in [-0.2, 0) is 44.9 Å². The molecule has 9 atom stereocenters. The summed E-state index contributed by atoms with van der Waals surface area (Å²) in [7, 11) is 0.975. The molecule has 6 aliphatic heterocycles. The van der Waals surface area contributed by atoms with Gasteiger partial charge in [-0.3, -0.25) is 28.8 Å². The molecule has 7 heterocycles. The SMILES string of the molecule is COC(=O)[C@@H]1NC(=O)[C@H]2NC(=O)[C@H](NC(=O)[C@@H]3NC(=O)[C@H]4NC(=O)[C@H](NC(=O)[C@H](n5cc(COc6ccc(-c7ccccc7)cc6)nn5)c5ccc(O)c(c5)Oc5cc4cc(O)c5C)[C@H](O)c4ccc(cc4)Oc4cc3cc(c4O)Oc3ccc(cc3)[C@H]2O)c2ccc(O)c(c2)-c2c(O)cc(O)cc21. The molecular formula is C75H61N9O20. The van der Waals surface area contributed by atoms with Gasteiger partial charge in [-0.2, -0.15) is 0 Å². The second-order valence-corrected chi connectivity index (χ2v) is 24.8. The van der Waals surface area contributed by atoms with Gasteiger partial charge < -0.3 is 96.4 Å². The van der Waals surface area contributed by atoms with E-state index in [1.165, 1.54) is 85.9 Å². The smallest absolute Gasteiger partial charge is 0.333 e. The van der Waals surface area contributed by atoms with Crippen molar-refractivity contribution in [3.05, 3.63) is 232 Å². The molecule has 29 heteroatoms. The van der Waals surface area contributed by atoms with Gasteiger partial charge >= 0.3 is 5.97 Å². The molecule has 29 nitrogen and oxygen atoms in total. The molecule has 0 spiro atoms. The second-order valence-electron chi connectivity index (χ2n) is 24.8. The summed E-state index contributed by atoms with van der Waals surface area (Å²) in [4.78, 5) is 107. The lowest BCUT2D eigenvalue weighted by molar-refractivity contribution is -0.146. The van der Waals surface area contributed by atoms with Gasteiger partial charge in [0, 0.05) is 28.3 Å². The normalized spacial score (nSPS) is 20.8. The Hall–Kier alpha value is -13.7. The summed E-state index contributed by atoms with van der Waals surface area (Å²) in [6, 6.07) is 27.0. The zero-order chi connectivity index (χ0) is 72.9. The Labute approximate surface area is 588 Å². The predicted octanol–water partition coefficient (Wildman–Crippen LogP) is 6.99. The summed E-state index contributed by atoms with van der Waals surface area (Å²) >= 11 is 0. The minimum absolute atomic E-state index is 0.0167. The number of carbonyl (C=O) groups excluding carboxylic acids is 7. The average molecular weight is 1410 g/mol. The zero-order valence-corrected chi connectivity index (χ0v) is 54.5. The molecule has 17 bridgehead atoms. The first kappa shape index (κ1) is 67.5. The van der Waals surface area contributed by atoms with Crippen LogP contribution in [0.25, 0.3) is 22.3 Å². The summed E-state index contributed by atoms with van der Waals surface area (Å²) in [5.74, 6) is -13.5. The number of hydrogen-bond acceptors (Lipinski definition) is 22. The topological polar surface area (TPSA) is 430 Å². The van der Waals surface area contributed by atoms with Crippen LogP contribution in [0.3, 0.4) is 0 Å². The molecule has 0 unspecified atom stereocenters.